The Kier molecular flexibility index (Phi) is 5.82. The van der Waals surface area contributed by atoms with Gasteiger partial charge in [-0.3, -0.25) is 10.1 Å². The number of halogens is 3. The van der Waals surface area contributed by atoms with Gasteiger partial charge < -0.3 is 10.1 Å². The van der Waals surface area contributed by atoms with Gasteiger partial charge in [0.05, 0.1) is 23.4 Å². The molecule has 152 valence electrons. The zero-order valence-corrected chi connectivity index (χ0v) is 15.7. The van der Waals surface area contributed by atoms with E-state index in [0.717, 1.165) is 23.5 Å². The highest BCUT2D eigenvalue weighted by Crippen LogP contribution is 2.30. The molecule has 2 N–H and O–H groups in total. The first kappa shape index (κ1) is 20.3. The van der Waals surface area contributed by atoms with Crippen molar-refractivity contribution < 1.29 is 27.5 Å². The molecule has 0 aliphatic rings. The number of amides is 2. The standard InChI is InChI=1S/C17H14F3N5O3S/c1-2-28-16(27)23-15-13(21-9-29-15)14(26)22-12-6-7-25(24-12)11-5-3-4-10(8-11)17(18,19)20/h3-9H,2H2,1H3,(H,23,27)(H,22,24,26). The maximum atomic E-state index is 12.9. The van der Waals surface area contributed by atoms with E-state index in [1.165, 1.54) is 34.6 Å². The van der Waals surface area contributed by atoms with Crippen molar-refractivity contribution in [3.63, 3.8) is 0 Å². The Hall–Kier alpha value is -3.41. The Morgan fingerprint density at radius 1 is 1.24 bits per heavy atom. The van der Waals surface area contributed by atoms with Crippen LogP contribution >= 0.6 is 11.3 Å². The van der Waals surface area contributed by atoms with Crippen LogP contribution in [0.15, 0.2) is 42.0 Å². The molecule has 3 aromatic rings. The van der Waals surface area contributed by atoms with E-state index in [2.05, 4.69) is 20.7 Å². The maximum absolute atomic E-state index is 12.9. The molecule has 2 heterocycles. The second kappa shape index (κ2) is 8.31. The number of thiazole rings is 1. The van der Waals surface area contributed by atoms with Crippen molar-refractivity contribution in [3.05, 3.63) is 53.3 Å². The summed E-state index contributed by atoms with van der Waals surface area (Å²) < 4.78 is 44.5. The number of carbonyl (C=O) groups excluding carboxylic acids is 2. The van der Waals surface area contributed by atoms with Gasteiger partial charge in [-0.05, 0) is 25.1 Å². The van der Waals surface area contributed by atoms with E-state index in [4.69, 9.17) is 4.74 Å². The summed E-state index contributed by atoms with van der Waals surface area (Å²) in [6.45, 7) is 1.81. The highest BCUT2D eigenvalue weighted by Gasteiger charge is 2.30. The van der Waals surface area contributed by atoms with E-state index in [1.807, 2.05) is 0 Å². The van der Waals surface area contributed by atoms with Crippen molar-refractivity contribution in [2.75, 3.05) is 17.2 Å². The molecule has 8 nitrogen and oxygen atoms in total. The molecule has 0 saturated heterocycles. The number of rotatable bonds is 5. The number of anilines is 2. The van der Waals surface area contributed by atoms with Crippen LogP contribution in [0.1, 0.15) is 23.0 Å². The zero-order valence-electron chi connectivity index (χ0n) is 14.9. The smallest absolute Gasteiger partial charge is 0.416 e. The summed E-state index contributed by atoms with van der Waals surface area (Å²) in [6.07, 6.45) is -3.79. The number of ether oxygens (including phenoxy) is 1. The molecule has 12 heteroatoms. The van der Waals surface area contributed by atoms with E-state index in [1.54, 1.807) is 6.92 Å². The molecule has 3 rings (SSSR count). The van der Waals surface area contributed by atoms with Crippen molar-refractivity contribution in [2.45, 2.75) is 13.1 Å². The summed E-state index contributed by atoms with van der Waals surface area (Å²) in [5.74, 6) is -0.546. The van der Waals surface area contributed by atoms with E-state index in [-0.39, 0.29) is 28.8 Å². The summed E-state index contributed by atoms with van der Waals surface area (Å²) in [7, 11) is 0. The van der Waals surface area contributed by atoms with E-state index in [9.17, 15) is 22.8 Å². The van der Waals surface area contributed by atoms with Crippen molar-refractivity contribution in [3.8, 4) is 5.69 Å². The first-order valence-corrected chi connectivity index (χ1v) is 9.08. The van der Waals surface area contributed by atoms with Gasteiger partial charge in [0, 0.05) is 12.3 Å². The molecule has 0 saturated carbocycles. The molecular formula is C17H14F3N5O3S. The van der Waals surface area contributed by atoms with E-state index in [0.29, 0.717) is 0 Å². The molecule has 0 aliphatic carbocycles. The number of carbonyl (C=O) groups is 2. The van der Waals surface area contributed by atoms with Crippen molar-refractivity contribution in [2.24, 2.45) is 0 Å². The van der Waals surface area contributed by atoms with Crippen LogP contribution in [-0.2, 0) is 10.9 Å². The Bertz CT molecular complexity index is 1030. The van der Waals surface area contributed by atoms with Gasteiger partial charge in [0.25, 0.3) is 5.91 Å². The number of hydrogen-bond donors (Lipinski definition) is 2. The lowest BCUT2D eigenvalue weighted by Crippen LogP contribution is -2.18. The highest BCUT2D eigenvalue weighted by molar-refractivity contribution is 7.14. The highest BCUT2D eigenvalue weighted by atomic mass is 32.1. The monoisotopic (exact) mass is 425 g/mol. The van der Waals surface area contributed by atoms with Gasteiger partial charge in [0.15, 0.2) is 11.5 Å². The van der Waals surface area contributed by atoms with Gasteiger partial charge in [-0.1, -0.05) is 6.07 Å². The molecule has 1 aromatic carbocycles. The van der Waals surface area contributed by atoms with Gasteiger partial charge in [-0.15, -0.1) is 11.3 Å². The molecule has 0 bridgehead atoms. The lowest BCUT2D eigenvalue weighted by atomic mass is 10.2. The molecule has 2 amide bonds. The molecular weight excluding hydrogens is 411 g/mol. The fourth-order valence-corrected chi connectivity index (χ4v) is 2.95. The molecule has 2 aromatic heterocycles. The van der Waals surface area contributed by atoms with Crippen LogP contribution in [0, 0.1) is 0 Å². The van der Waals surface area contributed by atoms with Gasteiger partial charge >= 0.3 is 12.3 Å². The Morgan fingerprint density at radius 2 is 2.03 bits per heavy atom. The molecule has 0 atom stereocenters. The normalized spacial score (nSPS) is 11.2. The van der Waals surface area contributed by atoms with Crippen LogP contribution in [0.25, 0.3) is 5.69 Å². The van der Waals surface area contributed by atoms with Crippen molar-refractivity contribution >= 4 is 34.2 Å². The second-order valence-corrected chi connectivity index (χ2v) is 6.38. The first-order chi connectivity index (χ1) is 13.8. The Balaban J connectivity index is 1.74. The summed E-state index contributed by atoms with van der Waals surface area (Å²) in [5.41, 5.74) is 0.695. The zero-order chi connectivity index (χ0) is 21.0. The average Bonchev–Trinajstić information content (AvgIpc) is 3.31. The quantitative estimate of drug-likeness (QED) is 0.639. The molecule has 0 fully saturated rings. The summed E-state index contributed by atoms with van der Waals surface area (Å²) >= 11 is 1.03. The van der Waals surface area contributed by atoms with Crippen LogP contribution in [0.3, 0.4) is 0 Å². The van der Waals surface area contributed by atoms with Crippen molar-refractivity contribution in [1.29, 1.82) is 0 Å². The summed E-state index contributed by atoms with van der Waals surface area (Å²) in [5, 5.41) is 9.14. The maximum Gasteiger partial charge on any atom is 0.416 e. The average molecular weight is 425 g/mol. The minimum Gasteiger partial charge on any atom is -0.450 e. The lowest BCUT2D eigenvalue weighted by Gasteiger charge is -2.08. The molecule has 0 spiro atoms. The third-order valence-electron chi connectivity index (χ3n) is 3.54. The third kappa shape index (κ3) is 4.90. The van der Waals surface area contributed by atoms with Crippen LogP contribution in [0.2, 0.25) is 0 Å². The van der Waals surface area contributed by atoms with E-state index < -0.39 is 23.7 Å². The van der Waals surface area contributed by atoms with Gasteiger partial charge in [0.1, 0.15) is 5.00 Å². The van der Waals surface area contributed by atoms with Gasteiger partial charge in [0.2, 0.25) is 0 Å². The number of alkyl halides is 3. The van der Waals surface area contributed by atoms with Crippen molar-refractivity contribution in [1.82, 2.24) is 14.8 Å². The minimum absolute atomic E-state index is 0.0447. The third-order valence-corrected chi connectivity index (χ3v) is 4.28. The Labute approximate surface area is 166 Å². The van der Waals surface area contributed by atoms with Gasteiger partial charge in [-0.2, -0.15) is 18.3 Å². The summed E-state index contributed by atoms with van der Waals surface area (Å²) in [6, 6.07) is 6.04. The number of nitrogens with one attached hydrogen (secondary N) is 2. The minimum atomic E-state index is -4.48. The molecule has 0 radical (unpaired) electrons. The molecule has 0 aliphatic heterocycles. The largest absolute Gasteiger partial charge is 0.450 e. The number of nitrogens with zero attached hydrogens (tertiary/aromatic N) is 3. The predicted molar refractivity (Wildman–Crippen MR) is 99.3 cm³/mol. The van der Waals surface area contributed by atoms with Crippen LogP contribution in [0.5, 0.6) is 0 Å². The predicted octanol–water partition coefficient (Wildman–Crippen LogP) is 4.17. The van der Waals surface area contributed by atoms with Crippen LogP contribution in [0.4, 0.5) is 28.8 Å². The first-order valence-electron chi connectivity index (χ1n) is 8.20. The number of benzene rings is 1. The lowest BCUT2D eigenvalue weighted by molar-refractivity contribution is -0.137. The second-order valence-electron chi connectivity index (χ2n) is 5.52. The SMILES string of the molecule is CCOC(=O)Nc1scnc1C(=O)Nc1ccn(-c2cccc(C(F)(F)F)c2)n1. The van der Waals surface area contributed by atoms with Crippen LogP contribution in [-0.4, -0.2) is 33.4 Å². The molecule has 29 heavy (non-hydrogen) atoms. The fourth-order valence-electron chi connectivity index (χ4n) is 2.29. The number of aromatic nitrogens is 3. The fraction of sp³-hybridized carbons (Fsp3) is 0.176. The van der Waals surface area contributed by atoms with Crippen LogP contribution < -0.4 is 10.6 Å². The molecule has 0 unspecified atom stereocenters. The summed E-state index contributed by atoms with van der Waals surface area (Å²) in [4.78, 5) is 27.8. The number of hydrogen-bond acceptors (Lipinski definition) is 6. The van der Waals surface area contributed by atoms with Gasteiger partial charge in [-0.25, -0.2) is 14.5 Å². The Morgan fingerprint density at radius 3 is 2.76 bits per heavy atom. The topological polar surface area (TPSA) is 98.1 Å². The van der Waals surface area contributed by atoms with E-state index >= 15 is 0 Å².